The number of nitrogens with one attached hydrogen (secondary N) is 1. The summed E-state index contributed by atoms with van der Waals surface area (Å²) in [6.07, 6.45) is 2.66. The summed E-state index contributed by atoms with van der Waals surface area (Å²) >= 11 is 3.56. The first-order valence-corrected chi connectivity index (χ1v) is 7.13. The predicted octanol–water partition coefficient (Wildman–Crippen LogP) is 3.36. The third-order valence-electron chi connectivity index (χ3n) is 3.55. The normalized spacial score (nSPS) is 19.8. The lowest BCUT2D eigenvalue weighted by atomic mass is 10.1. The van der Waals surface area contributed by atoms with Crippen LogP contribution in [0.2, 0.25) is 0 Å². The number of likely N-dealkylation sites (tertiary alicyclic amines) is 1. The maximum Gasteiger partial charge on any atom is 0.0237 e. The van der Waals surface area contributed by atoms with E-state index in [1.807, 2.05) is 7.05 Å². The first-order valence-electron chi connectivity index (χ1n) is 6.34. The van der Waals surface area contributed by atoms with Crippen LogP contribution in [0.25, 0.3) is 0 Å². The summed E-state index contributed by atoms with van der Waals surface area (Å²) in [5.41, 5.74) is 2.75. The van der Waals surface area contributed by atoms with Crippen molar-refractivity contribution < 1.29 is 0 Å². The molecule has 1 aromatic rings. The van der Waals surface area contributed by atoms with Crippen molar-refractivity contribution in [3.63, 3.8) is 0 Å². The molecule has 1 N–H and O–H groups in total. The van der Waals surface area contributed by atoms with Gasteiger partial charge in [0.15, 0.2) is 0 Å². The minimum Gasteiger partial charge on any atom is -0.318 e. The van der Waals surface area contributed by atoms with Gasteiger partial charge in [0.2, 0.25) is 0 Å². The van der Waals surface area contributed by atoms with Gasteiger partial charge in [-0.25, -0.2) is 0 Å². The lowest BCUT2D eigenvalue weighted by molar-refractivity contribution is 0.242. The Morgan fingerprint density at radius 1 is 1.44 bits per heavy atom. The smallest absolute Gasteiger partial charge is 0.0237 e. The van der Waals surface area contributed by atoms with Gasteiger partial charge in [-0.2, -0.15) is 0 Å². The fraction of sp³-hybridized carbons (Fsp3) is 0.571. The van der Waals surface area contributed by atoms with Crippen molar-refractivity contribution >= 4 is 28.3 Å². The molecule has 0 amide bonds. The average molecular weight is 334 g/mol. The van der Waals surface area contributed by atoms with Crippen molar-refractivity contribution in [1.82, 2.24) is 10.2 Å². The number of halogens is 2. The molecule has 1 unspecified atom stereocenters. The van der Waals surface area contributed by atoms with Crippen LogP contribution in [0.5, 0.6) is 0 Å². The summed E-state index contributed by atoms with van der Waals surface area (Å²) in [4.78, 5) is 2.60. The lowest BCUT2D eigenvalue weighted by Crippen LogP contribution is -2.36. The molecule has 1 aliphatic heterocycles. The van der Waals surface area contributed by atoms with Crippen molar-refractivity contribution in [3.05, 3.63) is 33.8 Å². The molecule has 102 valence electrons. The molecule has 0 bridgehead atoms. The monoisotopic (exact) mass is 332 g/mol. The molecule has 1 atom stereocenters. The van der Waals surface area contributed by atoms with E-state index < -0.39 is 0 Å². The van der Waals surface area contributed by atoms with Crippen LogP contribution in [-0.4, -0.2) is 31.1 Å². The van der Waals surface area contributed by atoms with E-state index in [9.17, 15) is 0 Å². The molecule has 2 rings (SSSR count). The Balaban J connectivity index is 0.00000162. The molecule has 0 saturated carbocycles. The van der Waals surface area contributed by atoms with Crippen molar-refractivity contribution in [2.45, 2.75) is 32.4 Å². The molecule has 0 aromatic heterocycles. The highest BCUT2D eigenvalue weighted by atomic mass is 79.9. The number of hydrogen-bond acceptors (Lipinski definition) is 2. The fourth-order valence-electron chi connectivity index (χ4n) is 2.61. The van der Waals surface area contributed by atoms with Crippen LogP contribution >= 0.6 is 28.3 Å². The molecule has 1 aromatic carbocycles. The minimum absolute atomic E-state index is 0. The van der Waals surface area contributed by atoms with Gasteiger partial charge in [0, 0.05) is 23.6 Å². The van der Waals surface area contributed by atoms with Crippen LogP contribution in [0.4, 0.5) is 0 Å². The lowest BCUT2D eigenvalue weighted by Gasteiger charge is -2.24. The average Bonchev–Trinajstić information content (AvgIpc) is 2.72. The SMILES string of the molecule is CNCC1CCCN1Cc1ccc(Br)c(C)c1.Cl. The predicted molar refractivity (Wildman–Crippen MR) is 83.5 cm³/mol. The van der Waals surface area contributed by atoms with Gasteiger partial charge >= 0.3 is 0 Å². The molecule has 0 spiro atoms. The van der Waals surface area contributed by atoms with Crippen molar-refractivity contribution in [2.75, 3.05) is 20.1 Å². The Bertz CT molecular complexity index is 384. The number of rotatable bonds is 4. The van der Waals surface area contributed by atoms with Gasteiger partial charge < -0.3 is 5.32 Å². The zero-order valence-corrected chi connectivity index (χ0v) is 13.5. The van der Waals surface area contributed by atoms with Crippen LogP contribution in [0.1, 0.15) is 24.0 Å². The van der Waals surface area contributed by atoms with Gasteiger partial charge in [-0.15, -0.1) is 12.4 Å². The summed E-state index contributed by atoms with van der Waals surface area (Å²) in [5, 5.41) is 3.30. The first-order chi connectivity index (χ1) is 8.20. The Labute approximate surface area is 125 Å². The van der Waals surface area contributed by atoms with E-state index in [0.29, 0.717) is 6.04 Å². The van der Waals surface area contributed by atoms with E-state index in [-0.39, 0.29) is 12.4 Å². The van der Waals surface area contributed by atoms with E-state index in [1.165, 1.54) is 35.0 Å². The van der Waals surface area contributed by atoms with Gasteiger partial charge in [0.25, 0.3) is 0 Å². The highest BCUT2D eigenvalue weighted by molar-refractivity contribution is 9.10. The summed E-state index contributed by atoms with van der Waals surface area (Å²) < 4.78 is 1.20. The Hall–Kier alpha value is -0.0900. The maximum atomic E-state index is 3.56. The quantitative estimate of drug-likeness (QED) is 0.909. The number of hydrogen-bond donors (Lipinski definition) is 1. The highest BCUT2D eigenvalue weighted by Crippen LogP contribution is 2.22. The Morgan fingerprint density at radius 2 is 2.22 bits per heavy atom. The second-order valence-corrected chi connectivity index (χ2v) is 5.76. The maximum absolute atomic E-state index is 3.56. The summed E-state index contributed by atoms with van der Waals surface area (Å²) in [7, 11) is 2.04. The standard InChI is InChI=1S/C14H21BrN2.ClH/c1-11-8-12(5-6-14(11)15)10-17-7-3-4-13(17)9-16-2;/h5-6,8,13,16H,3-4,7,9-10H2,1-2H3;1H. The van der Waals surface area contributed by atoms with E-state index in [4.69, 9.17) is 0 Å². The van der Waals surface area contributed by atoms with E-state index in [0.717, 1.165) is 13.1 Å². The molecule has 0 radical (unpaired) electrons. The minimum atomic E-state index is 0. The van der Waals surface area contributed by atoms with Gasteiger partial charge in [-0.05, 0) is 50.6 Å². The van der Waals surface area contributed by atoms with Gasteiger partial charge in [0.05, 0.1) is 0 Å². The summed E-state index contributed by atoms with van der Waals surface area (Å²) in [6, 6.07) is 7.39. The van der Waals surface area contributed by atoms with Crippen LogP contribution < -0.4 is 5.32 Å². The largest absolute Gasteiger partial charge is 0.318 e. The van der Waals surface area contributed by atoms with Crippen LogP contribution in [0.15, 0.2) is 22.7 Å². The third-order valence-corrected chi connectivity index (χ3v) is 4.44. The molecule has 4 heteroatoms. The van der Waals surface area contributed by atoms with Crippen molar-refractivity contribution in [1.29, 1.82) is 0 Å². The zero-order chi connectivity index (χ0) is 12.3. The molecule has 2 nitrogen and oxygen atoms in total. The fourth-order valence-corrected chi connectivity index (χ4v) is 2.86. The molecule has 0 aliphatic carbocycles. The van der Waals surface area contributed by atoms with Crippen LogP contribution in [-0.2, 0) is 6.54 Å². The number of nitrogens with zero attached hydrogens (tertiary/aromatic N) is 1. The van der Waals surface area contributed by atoms with E-state index >= 15 is 0 Å². The van der Waals surface area contributed by atoms with Crippen molar-refractivity contribution in [2.24, 2.45) is 0 Å². The van der Waals surface area contributed by atoms with E-state index in [1.54, 1.807) is 0 Å². The molecule has 1 heterocycles. The number of aryl methyl sites for hydroxylation is 1. The Kier molecular flexibility index (Phi) is 6.64. The summed E-state index contributed by atoms with van der Waals surface area (Å²) in [5.74, 6) is 0. The third kappa shape index (κ3) is 3.95. The van der Waals surface area contributed by atoms with Crippen molar-refractivity contribution in [3.8, 4) is 0 Å². The molecule has 1 aliphatic rings. The molecule has 18 heavy (non-hydrogen) atoms. The first kappa shape index (κ1) is 16.0. The van der Waals surface area contributed by atoms with Crippen LogP contribution in [0.3, 0.4) is 0 Å². The highest BCUT2D eigenvalue weighted by Gasteiger charge is 2.23. The van der Waals surface area contributed by atoms with Gasteiger partial charge in [0.1, 0.15) is 0 Å². The topological polar surface area (TPSA) is 15.3 Å². The van der Waals surface area contributed by atoms with Gasteiger partial charge in [-0.1, -0.05) is 28.1 Å². The molecular formula is C14H22BrClN2. The second-order valence-electron chi connectivity index (χ2n) is 4.91. The second kappa shape index (κ2) is 7.49. The van der Waals surface area contributed by atoms with E-state index in [2.05, 4.69) is 51.3 Å². The molecule has 1 fully saturated rings. The number of benzene rings is 1. The zero-order valence-electron chi connectivity index (χ0n) is 11.1. The van der Waals surface area contributed by atoms with Gasteiger partial charge in [-0.3, -0.25) is 4.90 Å². The summed E-state index contributed by atoms with van der Waals surface area (Å²) in [6.45, 7) is 5.58. The Morgan fingerprint density at radius 3 is 2.89 bits per heavy atom. The molecule has 1 saturated heterocycles. The number of likely N-dealkylation sites (N-methyl/N-ethyl adjacent to an activating group) is 1. The van der Waals surface area contributed by atoms with Crippen LogP contribution in [0, 0.1) is 6.92 Å². The molecular weight excluding hydrogens is 312 g/mol.